The van der Waals surface area contributed by atoms with E-state index < -0.39 is 0 Å². The van der Waals surface area contributed by atoms with Gasteiger partial charge in [0.1, 0.15) is 5.75 Å². The number of carbonyl (C=O) groups excluding carboxylic acids is 1. The molecule has 3 aromatic carbocycles. The third-order valence-corrected chi connectivity index (χ3v) is 4.61. The Bertz CT molecular complexity index is 1170. The minimum atomic E-state index is -0.347. The van der Waals surface area contributed by atoms with Gasteiger partial charge >= 0.3 is 0 Å². The molecule has 0 bridgehead atoms. The molecule has 0 aliphatic heterocycles. The number of nitrogens with zero attached hydrogens (tertiary/aromatic N) is 2. The number of halogens is 1. The van der Waals surface area contributed by atoms with Gasteiger partial charge < -0.3 is 9.30 Å². The van der Waals surface area contributed by atoms with Gasteiger partial charge in [0, 0.05) is 16.9 Å². The molecule has 0 atom stereocenters. The summed E-state index contributed by atoms with van der Waals surface area (Å²) in [5, 5.41) is 7.00. The number of benzene rings is 3. The van der Waals surface area contributed by atoms with Crippen LogP contribution in [0, 0.1) is 0 Å². The number of hydrogen-bond acceptors (Lipinski definition) is 3. The lowest BCUT2D eigenvalue weighted by molar-refractivity contribution is -0.123. The van der Waals surface area contributed by atoms with Crippen LogP contribution in [0.5, 0.6) is 5.75 Å². The van der Waals surface area contributed by atoms with E-state index in [1.807, 2.05) is 35.0 Å². The summed E-state index contributed by atoms with van der Waals surface area (Å²) in [6.07, 6.45) is 3.56. The van der Waals surface area contributed by atoms with Crippen molar-refractivity contribution < 1.29 is 9.53 Å². The van der Waals surface area contributed by atoms with E-state index in [-0.39, 0.29) is 12.5 Å². The van der Waals surface area contributed by atoms with Crippen molar-refractivity contribution in [3.8, 4) is 11.4 Å². The number of aromatic nitrogens is 1. The molecule has 29 heavy (non-hydrogen) atoms. The first-order valence-corrected chi connectivity index (χ1v) is 9.44. The van der Waals surface area contributed by atoms with Crippen LogP contribution in [0.25, 0.3) is 16.5 Å². The predicted octanol–water partition coefficient (Wildman–Crippen LogP) is 4.81. The Morgan fingerprint density at radius 1 is 1.00 bits per heavy atom. The van der Waals surface area contributed by atoms with Gasteiger partial charge in [-0.25, -0.2) is 5.43 Å². The van der Waals surface area contributed by atoms with Crippen LogP contribution in [-0.4, -0.2) is 23.3 Å². The molecule has 0 aliphatic carbocycles. The maximum Gasteiger partial charge on any atom is 0.277 e. The van der Waals surface area contributed by atoms with Gasteiger partial charge in [0.15, 0.2) is 6.61 Å². The lowest BCUT2D eigenvalue weighted by Gasteiger charge is -2.08. The van der Waals surface area contributed by atoms with Gasteiger partial charge in [0.05, 0.1) is 11.9 Å². The molecule has 0 spiro atoms. The minimum absolute atomic E-state index is 0.134. The Labute approximate surface area is 173 Å². The highest BCUT2D eigenvalue weighted by atomic mass is 35.5. The summed E-state index contributed by atoms with van der Waals surface area (Å²) in [4.78, 5) is 11.9. The third kappa shape index (κ3) is 4.65. The predicted molar refractivity (Wildman–Crippen MR) is 116 cm³/mol. The molecule has 4 rings (SSSR count). The first-order valence-electron chi connectivity index (χ1n) is 9.06. The molecule has 0 fully saturated rings. The van der Waals surface area contributed by atoms with Crippen LogP contribution in [0.15, 0.2) is 90.2 Å². The minimum Gasteiger partial charge on any atom is -0.484 e. The number of carbonyl (C=O) groups is 1. The SMILES string of the molecule is O=C(COc1ccc(Cl)cc1)N/N=C/c1cccn1-c1ccc2ccccc2c1. The summed E-state index contributed by atoms with van der Waals surface area (Å²) in [5.74, 6) is 0.221. The fourth-order valence-electron chi connectivity index (χ4n) is 2.94. The molecule has 0 aliphatic rings. The molecule has 4 aromatic rings. The van der Waals surface area contributed by atoms with Crippen LogP contribution >= 0.6 is 11.6 Å². The van der Waals surface area contributed by atoms with E-state index in [0.29, 0.717) is 10.8 Å². The molecular formula is C23H18ClN3O2. The maximum atomic E-state index is 11.9. The van der Waals surface area contributed by atoms with Gasteiger partial charge in [-0.3, -0.25) is 4.79 Å². The third-order valence-electron chi connectivity index (χ3n) is 4.36. The van der Waals surface area contributed by atoms with Gasteiger partial charge in [0.2, 0.25) is 0 Å². The van der Waals surface area contributed by atoms with Crippen LogP contribution < -0.4 is 10.2 Å². The summed E-state index contributed by atoms with van der Waals surface area (Å²) in [7, 11) is 0. The van der Waals surface area contributed by atoms with Gasteiger partial charge in [-0.15, -0.1) is 0 Å². The van der Waals surface area contributed by atoms with Crippen molar-refractivity contribution in [2.45, 2.75) is 0 Å². The summed E-state index contributed by atoms with van der Waals surface area (Å²) < 4.78 is 7.40. The van der Waals surface area contributed by atoms with Crippen LogP contribution in [-0.2, 0) is 4.79 Å². The first kappa shape index (κ1) is 18.8. The average molecular weight is 404 g/mol. The molecule has 144 valence electrons. The standard InChI is InChI=1S/C23H18ClN3O2/c24-19-8-11-22(12-9-19)29-16-23(28)26-25-15-21-6-3-13-27(21)20-10-7-17-4-1-2-5-18(17)14-20/h1-15H,16H2,(H,26,28)/b25-15+. The topological polar surface area (TPSA) is 55.6 Å². The molecular weight excluding hydrogens is 386 g/mol. The molecule has 0 saturated heterocycles. The monoisotopic (exact) mass is 403 g/mol. The number of nitrogens with one attached hydrogen (secondary N) is 1. The van der Waals surface area contributed by atoms with Crippen LogP contribution in [0.2, 0.25) is 5.02 Å². The Morgan fingerprint density at radius 3 is 2.62 bits per heavy atom. The normalized spacial score (nSPS) is 11.1. The smallest absolute Gasteiger partial charge is 0.277 e. The summed E-state index contributed by atoms with van der Waals surface area (Å²) >= 11 is 5.82. The second-order valence-corrected chi connectivity index (χ2v) is 6.81. The van der Waals surface area contributed by atoms with Crippen molar-refractivity contribution in [2.75, 3.05) is 6.61 Å². The Kier molecular flexibility index (Phi) is 5.59. The number of hydrogen-bond donors (Lipinski definition) is 1. The zero-order chi connectivity index (χ0) is 20.1. The van der Waals surface area contributed by atoms with Crippen molar-refractivity contribution in [2.24, 2.45) is 5.10 Å². The molecule has 1 amide bonds. The zero-order valence-electron chi connectivity index (χ0n) is 15.5. The first-order chi connectivity index (χ1) is 14.2. The van der Waals surface area contributed by atoms with Crippen molar-refractivity contribution >= 4 is 34.5 Å². The molecule has 5 nitrogen and oxygen atoms in total. The van der Waals surface area contributed by atoms with Crippen LogP contribution in [0.4, 0.5) is 0 Å². The average Bonchev–Trinajstić information content (AvgIpc) is 3.21. The summed E-state index contributed by atoms with van der Waals surface area (Å²) in [6.45, 7) is -0.134. The van der Waals surface area contributed by atoms with Gasteiger partial charge in [0.25, 0.3) is 5.91 Å². The second-order valence-electron chi connectivity index (χ2n) is 6.37. The highest BCUT2D eigenvalue weighted by Gasteiger charge is 2.04. The van der Waals surface area contributed by atoms with Crippen LogP contribution in [0.3, 0.4) is 0 Å². The molecule has 1 heterocycles. The van der Waals surface area contributed by atoms with Crippen molar-refractivity contribution in [3.05, 3.63) is 95.8 Å². The fraction of sp³-hybridized carbons (Fsp3) is 0.0435. The Balaban J connectivity index is 1.39. The molecule has 0 saturated carbocycles. The lowest BCUT2D eigenvalue weighted by atomic mass is 10.1. The van der Waals surface area contributed by atoms with E-state index in [1.165, 1.54) is 5.39 Å². The highest BCUT2D eigenvalue weighted by molar-refractivity contribution is 6.30. The van der Waals surface area contributed by atoms with E-state index in [2.05, 4.69) is 40.9 Å². The van der Waals surface area contributed by atoms with Gasteiger partial charge in [-0.05, 0) is 59.3 Å². The van der Waals surface area contributed by atoms with Crippen LogP contribution in [0.1, 0.15) is 5.69 Å². The molecule has 1 aromatic heterocycles. The lowest BCUT2D eigenvalue weighted by Crippen LogP contribution is -2.24. The number of hydrazone groups is 1. The molecule has 0 unspecified atom stereocenters. The summed E-state index contributed by atoms with van der Waals surface area (Å²) in [6, 6.07) is 25.1. The van der Waals surface area contributed by atoms with E-state index in [9.17, 15) is 4.79 Å². The molecule has 6 heteroatoms. The number of fused-ring (bicyclic) bond motifs is 1. The van der Waals surface area contributed by atoms with Crippen molar-refractivity contribution in [1.82, 2.24) is 9.99 Å². The quantitative estimate of drug-likeness (QED) is 0.371. The van der Waals surface area contributed by atoms with E-state index in [4.69, 9.17) is 16.3 Å². The Morgan fingerprint density at radius 2 is 1.79 bits per heavy atom. The van der Waals surface area contributed by atoms with Crippen molar-refractivity contribution in [1.29, 1.82) is 0 Å². The van der Waals surface area contributed by atoms with E-state index >= 15 is 0 Å². The fourth-order valence-corrected chi connectivity index (χ4v) is 3.07. The number of amides is 1. The molecule has 1 N–H and O–H groups in total. The van der Waals surface area contributed by atoms with E-state index in [0.717, 1.165) is 16.8 Å². The van der Waals surface area contributed by atoms with E-state index in [1.54, 1.807) is 30.5 Å². The molecule has 0 radical (unpaired) electrons. The summed E-state index contributed by atoms with van der Waals surface area (Å²) in [5.41, 5.74) is 4.34. The zero-order valence-corrected chi connectivity index (χ0v) is 16.2. The number of ether oxygens (including phenoxy) is 1. The van der Waals surface area contributed by atoms with Gasteiger partial charge in [-0.1, -0.05) is 41.9 Å². The maximum absolute atomic E-state index is 11.9. The Hall–Kier alpha value is -3.57. The van der Waals surface area contributed by atoms with Gasteiger partial charge in [-0.2, -0.15) is 5.10 Å². The van der Waals surface area contributed by atoms with Crippen molar-refractivity contribution in [3.63, 3.8) is 0 Å². The second kappa shape index (κ2) is 8.63. The largest absolute Gasteiger partial charge is 0.484 e. The highest BCUT2D eigenvalue weighted by Crippen LogP contribution is 2.19. The number of rotatable bonds is 6.